The van der Waals surface area contributed by atoms with Crippen LogP contribution in [0.4, 0.5) is 4.39 Å². The summed E-state index contributed by atoms with van der Waals surface area (Å²) in [6.45, 7) is 11.6. The summed E-state index contributed by atoms with van der Waals surface area (Å²) in [5.74, 6) is 0.984. The molecule has 0 heterocycles. The number of aliphatic imine (C=N–C) groups is 1. The van der Waals surface area contributed by atoms with E-state index in [1.54, 1.807) is 13.0 Å². The summed E-state index contributed by atoms with van der Waals surface area (Å²) in [4.78, 5) is 4.50. The Labute approximate surface area is 146 Å². The van der Waals surface area contributed by atoms with Crippen molar-refractivity contribution in [3.8, 4) is 0 Å². The van der Waals surface area contributed by atoms with Gasteiger partial charge in [-0.25, -0.2) is 9.38 Å². The number of allylic oxidation sites excluding steroid dienone is 5. The first-order valence-corrected chi connectivity index (χ1v) is 9.24. The average Bonchev–Trinajstić information content (AvgIpc) is 3.38. The lowest BCUT2D eigenvalue weighted by Crippen LogP contribution is -2.29. The molecule has 2 saturated carbocycles. The molecular formula is C21H31FN2. The van der Waals surface area contributed by atoms with Crippen LogP contribution in [0.3, 0.4) is 0 Å². The van der Waals surface area contributed by atoms with Crippen molar-refractivity contribution in [2.45, 2.75) is 71.3 Å². The van der Waals surface area contributed by atoms with Crippen LogP contribution in [0, 0.1) is 5.92 Å². The second-order valence-electron chi connectivity index (χ2n) is 7.07. The summed E-state index contributed by atoms with van der Waals surface area (Å²) in [5.41, 5.74) is 2.33. The zero-order chi connectivity index (χ0) is 17.5. The van der Waals surface area contributed by atoms with Gasteiger partial charge in [-0.3, -0.25) is 0 Å². The van der Waals surface area contributed by atoms with Gasteiger partial charge in [0.1, 0.15) is 17.4 Å². The standard InChI is InChI=1S/C21H31FN2/c1-5-19(15(3)14-17-12-13-17)21(20(22)6-2)24-16(4)23-18-10-8-7-9-11-18/h5-6,17-18,23H,1,4,7-14H2,2-3H3/b19-15?,20-6+,24-21?. The summed E-state index contributed by atoms with van der Waals surface area (Å²) >= 11 is 0. The van der Waals surface area contributed by atoms with Gasteiger partial charge in [0.2, 0.25) is 0 Å². The van der Waals surface area contributed by atoms with Gasteiger partial charge in [-0.15, -0.1) is 0 Å². The average molecular weight is 330 g/mol. The van der Waals surface area contributed by atoms with E-state index in [9.17, 15) is 4.39 Å². The highest BCUT2D eigenvalue weighted by molar-refractivity contribution is 6.13. The molecule has 0 aromatic heterocycles. The lowest BCUT2D eigenvalue weighted by Gasteiger charge is -2.23. The largest absolute Gasteiger partial charge is 0.368 e. The molecule has 2 aliphatic carbocycles. The molecule has 2 rings (SSSR count). The number of hydrogen-bond acceptors (Lipinski definition) is 2. The zero-order valence-electron chi connectivity index (χ0n) is 15.2. The lowest BCUT2D eigenvalue weighted by atomic mass is 9.95. The van der Waals surface area contributed by atoms with Crippen molar-refractivity contribution in [1.82, 2.24) is 5.32 Å². The van der Waals surface area contributed by atoms with Gasteiger partial charge in [-0.1, -0.05) is 44.1 Å². The number of hydrogen-bond donors (Lipinski definition) is 1. The maximum atomic E-state index is 14.5. The second-order valence-corrected chi connectivity index (χ2v) is 7.07. The Bertz CT molecular complexity index is 558. The number of rotatable bonds is 8. The predicted molar refractivity (Wildman–Crippen MR) is 102 cm³/mol. The topological polar surface area (TPSA) is 24.4 Å². The zero-order valence-corrected chi connectivity index (χ0v) is 15.2. The van der Waals surface area contributed by atoms with Gasteiger partial charge in [-0.05, 0) is 57.9 Å². The third kappa shape index (κ3) is 5.47. The molecule has 2 fully saturated rings. The molecule has 0 saturated heterocycles. The molecule has 1 N–H and O–H groups in total. The van der Waals surface area contributed by atoms with Crippen molar-refractivity contribution in [3.63, 3.8) is 0 Å². The van der Waals surface area contributed by atoms with E-state index in [4.69, 9.17) is 0 Å². The highest BCUT2D eigenvalue weighted by atomic mass is 19.1. The van der Waals surface area contributed by atoms with E-state index >= 15 is 0 Å². The minimum atomic E-state index is -0.313. The molecule has 0 aromatic rings. The van der Waals surface area contributed by atoms with Crippen molar-refractivity contribution < 1.29 is 4.39 Å². The molecule has 0 unspecified atom stereocenters. The van der Waals surface area contributed by atoms with Gasteiger partial charge in [0, 0.05) is 11.6 Å². The smallest absolute Gasteiger partial charge is 0.145 e. The van der Waals surface area contributed by atoms with Crippen LogP contribution in [0.25, 0.3) is 0 Å². The quantitative estimate of drug-likeness (QED) is 0.428. The van der Waals surface area contributed by atoms with Crippen LogP contribution in [-0.4, -0.2) is 11.8 Å². The van der Waals surface area contributed by atoms with Crippen molar-refractivity contribution in [2.75, 3.05) is 0 Å². The Morgan fingerprint density at radius 3 is 2.42 bits per heavy atom. The normalized spacial score (nSPS) is 21.3. The molecule has 2 aliphatic rings. The Balaban J connectivity index is 2.18. The molecule has 0 bridgehead atoms. The minimum Gasteiger partial charge on any atom is -0.368 e. The van der Waals surface area contributed by atoms with Crippen LogP contribution in [0.5, 0.6) is 0 Å². The van der Waals surface area contributed by atoms with Crippen molar-refractivity contribution in [3.05, 3.63) is 48.1 Å². The lowest BCUT2D eigenvalue weighted by molar-refractivity contribution is 0.396. The molecule has 0 atom stereocenters. The minimum absolute atomic E-state index is 0.313. The third-order valence-electron chi connectivity index (χ3n) is 4.91. The summed E-state index contributed by atoms with van der Waals surface area (Å²) in [6.07, 6.45) is 12.8. The Morgan fingerprint density at radius 2 is 1.88 bits per heavy atom. The van der Waals surface area contributed by atoms with Crippen molar-refractivity contribution >= 4 is 5.71 Å². The second kappa shape index (κ2) is 9.00. The molecule has 132 valence electrons. The fourth-order valence-electron chi connectivity index (χ4n) is 3.37. The number of halogens is 1. The van der Waals surface area contributed by atoms with Crippen LogP contribution in [0.2, 0.25) is 0 Å². The van der Waals surface area contributed by atoms with Crippen LogP contribution >= 0.6 is 0 Å². The Hall–Kier alpha value is -1.64. The molecule has 0 amide bonds. The van der Waals surface area contributed by atoms with Crippen molar-refractivity contribution in [1.29, 1.82) is 0 Å². The molecule has 24 heavy (non-hydrogen) atoms. The SMILES string of the molecule is C=CC(C(=NC(=C)NC1CCCCC1)/C(F)=C\C)=C(C)CC1CC1. The molecule has 0 spiro atoms. The first-order valence-electron chi connectivity index (χ1n) is 9.24. The first kappa shape index (κ1) is 18.7. The molecule has 2 nitrogen and oxygen atoms in total. The van der Waals surface area contributed by atoms with E-state index in [1.807, 2.05) is 0 Å². The maximum Gasteiger partial charge on any atom is 0.145 e. The van der Waals surface area contributed by atoms with Crippen LogP contribution in [0.1, 0.15) is 65.2 Å². The van der Waals surface area contributed by atoms with Gasteiger partial charge in [0.05, 0.1) is 0 Å². The van der Waals surface area contributed by atoms with Crippen LogP contribution in [0.15, 0.2) is 53.1 Å². The summed E-state index contributed by atoms with van der Waals surface area (Å²) in [7, 11) is 0. The Kier molecular flexibility index (Phi) is 7.01. The van der Waals surface area contributed by atoms with E-state index in [-0.39, 0.29) is 5.83 Å². The highest BCUT2D eigenvalue weighted by Gasteiger charge is 2.23. The summed E-state index contributed by atoms with van der Waals surface area (Å²) in [5, 5.41) is 3.37. The summed E-state index contributed by atoms with van der Waals surface area (Å²) < 4.78 is 14.5. The van der Waals surface area contributed by atoms with Gasteiger partial charge in [-0.2, -0.15) is 0 Å². The van der Waals surface area contributed by atoms with Gasteiger partial charge < -0.3 is 5.32 Å². The predicted octanol–water partition coefficient (Wildman–Crippen LogP) is 6.00. The van der Waals surface area contributed by atoms with Gasteiger partial charge in [0.15, 0.2) is 0 Å². The molecular weight excluding hydrogens is 299 g/mol. The maximum absolute atomic E-state index is 14.5. The van der Waals surface area contributed by atoms with E-state index in [0.29, 0.717) is 17.6 Å². The molecule has 0 radical (unpaired) electrons. The van der Waals surface area contributed by atoms with Crippen LogP contribution in [-0.2, 0) is 0 Å². The van der Waals surface area contributed by atoms with Gasteiger partial charge in [0.25, 0.3) is 0 Å². The van der Waals surface area contributed by atoms with E-state index in [1.165, 1.54) is 38.2 Å². The van der Waals surface area contributed by atoms with Crippen LogP contribution < -0.4 is 5.32 Å². The molecule has 3 heteroatoms. The van der Waals surface area contributed by atoms with Crippen molar-refractivity contribution in [2.24, 2.45) is 10.9 Å². The number of nitrogens with one attached hydrogen (secondary N) is 1. The number of nitrogens with zero attached hydrogens (tertiary/aromatic N) is 1. The molecule has 0 aliphatic heterocycles. The van der Waals surface area contributed by atoms with E-state index in [0.717, 1.165) is 36.3 Å². The van der Waals surface area contributed by atoms with E-state index < -0.39 is 0 Å². The first-order chi connectivity index (χ1) is 11.5. The third-order valence-corrected chi connectivity index (χ3v) is 4.91. The fourth-order valence-corrected chi connectivity index (χ4v) is 3.37. The highest BCUT2D eigenvalue weighted by Crippen LogP contribution is 2.36. The molecule has 0 aromatic carbocycles. The van der Waals surface area contributed by atoms with E-state index in [2.05, 4.69) is 30.4 Å². The fraction of sp³-hybridized carbons (Fsp3) is 0.571. The Morgan fingerprint density at radius 1 is 1.21 bits per heavy atom. The monoisotopic (exact) mass is 330 g/mol. The van der Waals surface area contributed by atoms with Gasteiger partial charge >= 0.3 is 0 Å². The summed E-state index contributed by atoms with van der Waals surface area (Å²) in [6, 6.07) is 0.411.